The smallest absolute Gasteiger partial charge is 0.194 e. The molecule has 0 atom stereocenters. The van der Waals surface area contributed by atoms with E-state index in [1.54, 1.807) is 0 Å². The van der Waals surface area contributed by atoms with Crippen LogP contribution in [0.25, 0.3) is 323 Å². The molecule has 35 aromatic carbocycles. The molecule has 0 fully saturated rings. The van der Waals surface area contributed by atoms with Crippen LogP contribution in [0, 0.1) is 0 Å². The minimum atomic E-state index is 0.00788. The zero-order valence-corrected chi connectivity index (χ0v) is 79.5. The molecule has 0 aliphatic heterocycles. The third kappa shape index (κ3) is 11.3. The minimum Gasteiger partial charge on any atom is -0.289 e. The Balaban J connectivity index is 0.0000000844. The fourth-order valence-corrected chi connectivity index (χ4v) is 26.5. The molecule has 35 aromatic rings. The summed E-state index contributed by atoms with van der Waals surface area (Å²) >= 11 is 0. The average Bonchev–Trinajstić information content (AvgIpc) is 1.53. The van der Waals surface area contributed by atoms with Gasteiger partial charge in [-0.05, 0) is 194 Å². The fourth-order valence-electron chi connectivity index (χ4n) is 26.5. The first kappa shape index (κ1) is 84.3. The molecule has 0 aliphatic rings. The number of hydrogen-bond acceptors (Lipinski definition) is 10. The Morgan fingerprint density at radius 3 is 0.593 bits per heavy atom. The summed E-state index contributed by atoms with van der Waals surface area (Å²) in [6, 6.07) is 139. The van der Waals surface area contributed by atoms with E-state index in [2.05, 4.69) is 115 Å². The topological polar surface area (TPSA) is 171 Å². The molecule has 0 heterocycles. The van der Waals surface area contributed by atoms with E-state index in [-0.39, 0.29) is 54.3 Å². The third-order valence-corrected chi connectivity index (χ3v) is 32.7. The van der Waals surface area contributed by atoms with Gasteiger partial charge in [-0.1, -0.05) is 376 Å². The number of rotatable bonds is 0. The van der Waals surface area contributed by atoms with Crippen LogP contribution in [0.5, 0.6) is 0 Å². The molecular formula is C140H70O10. The van der Waals surface area contributed by atoms with E-state index < -0.39 is 0 Å². The molecule has 0 aliphatic carbocycles. The van der Waals surface area contributed by atoms with Crippen LogP contribution in [0.2, 0.25) is 0 Å². The third-order valence-electron chi connectivity index (χ3n) is 32.7. The van der Waals surface area contributed by atoms with Gasteiger partial charge in [0.25, 0.3) is 0 Å². The highest BCUT2D eigenvalue weighted by atomic mass is 16.1. The Kier molecular flexibility index (Phi) is 17.5. The van der Waals surface area contributed by atoms with E-state index in [1.807, 2.05) is 309 Å². The van der Waals surface area contributed by atoms with Crippen LogP contribution in [0.1, 0.15) is 0 Å². The molecule has 0 saturated heterocycles. The van der Waals surface area contributed by atoms with Crippen LogP contribution in [-0.4, -0.2) is 0 Å². The maximum absolute atomic E-state index is 13.7. The van der Waals surface area contributed by atoms with Gasteiger partial charge < -0.3 is 0 Å². The van der Waals surface area contributed by atoms with Crippen molar-refractivity contribution in [3.8, 4) is 0 Å². The molecule has 10 nitrogen and oxygen atoms in total. The van der Waals surface area contributed by atoms with E-state index in [0.29, 0.717) is 59.2 Å². The fraction of sp³-hybridized carbons (Fsp3) is 0. The summed E-state index contributed by atoms with van der Waals surface area (Å²) in [5.41, 5.74) is 0.371. The van der Waals surface area contributed by atoms with Gasteiger partial charge in [0, 0.05) is 178 Å². The highest BCUT2D eigenvalue weighted by molar-refractivity contribution is 6.45. The van der Waals surface area contributed by atoms with Crippen molar-refractivity contribution in [2.45, 2.75) is 0 Å². The number of hydrogen-bond donors (Lipinski definition) is 0. The summed E-state index contributed by atoms with van der Waals surface area (Å²) in [4.78, 5) is 133. The lowest BCUT2D eigenvalue weighted by atomic mass is 9.93. The van der Waals surface area contributed by atoms with Gasteiger partial charge >= 0.3 is 0 Å². The van der Waals surface area contributed by atoms with Crippen molar-refractivity contribution < 1.29 is 0 Å². The molecule has 0 N–H and O–H groups in total. The molecule has 0 bridgehead atoms. The van der Waals surface area contributed by atoms with Crippen molar-refractivity contribution in [2.24, 2.45) is 0 Å². The van der Waals surface area contributed by atoms with E-state index in [0.717, 1.165) is 253 Å². The number of fused-ring (bicyclic) bond motifs is 57. The lowest BCUT2D eigenvalue weighted by Gasteiger charge is -2.09. The van der Waals surface area contributed by atoms with Gasteiger partial charge in [-0.2, -0.15) is 0 Å². The molecule has 0 radical (unpaired) electrons. The Hall–Kier alpha value is -20.2. The summed E-state index contributed by atoms with van der Waals surface area (Å²) in [5.74, 6) is 0. The summed E-state index contributed by atoms with van der Waals surface area (Å²) in [6.45, 7) is 0. The van der Waals surface area contributed by atoms with Crippen LogP contribution in [-0.2, 0) is 0 Å². The molecular weight excluding hydrogens is 1840 g/mol. The van der Waals surface area contributed by atoms with E-state index in [1.165, 1.54) is 10.8 Å². The standard InChI is InChI=1S/5C28H14O2/c29-27-20-11-5-3-9-17(20)24-22(27)14-13-19-15-7-1-2-8-16(15)23-18-10-4-6-12-21(18)28(30)26(23)25(19)24;29-27-19-11-5-3-9-17(19)25-22(27)14-13-21-24(25)16-8-2-1-7-15(16)23-18-10-4-6-12-20(18)28(30)26(21)23;29-27-20-8-4-3-7-18(20)19-13-14-22-24(25(19)27)21-12-11-16-10-9-15-5-1-2-6-17(15)23(16)26(21)28(22)30;29-27-19-8-4-3-7-18(19)24-21(27)13-14-22-25(24)20-12-11-16-10-9-15-5-1-2-6-17(15)23(16)26(20)28(22)30;29-27-20-8-4-3-7-18(20)24-21(27)13-14-23-26(24)25-19-10-9-15-5-1-2-6-16(15)17(19)11-12-22(25)28(23)30/h5*1-14H. The number of benzene rings is 25. The lowest BCUT2D eigenvalue weighted by Crippen LogP contribution is -1.96. The van der Waals surface area contributed by atoms with Gasteiger partial charge in [0.2, 0.25) is 0 Å². The molecule has 150 heavy (non-hydrogen) atoms. The minimum absolute atomic E-state index is 0.00788. The first-order valence-corrected chi connectivity index (χ1v) is 50.2. The van der Waals surface area contributed by atoms with Crippen molar-refractivity contribution in [2.75, 3.05) is 0 Å². The lowest BCUT2D eigenvalue weighted by molar-refractivity contribution is 1.79. The quantitative estimate of drug-likeness (QED) is 0.133. The Labute approximate surface area is 844 Å². The van der Waals surface area contributed by atoms with Gasteiger partial charge in [-0.3, -0.25) is 47.9 Å². The predicted molar refractivity (Wildman–Crippen MR) is 632 cm³/mol. The van der Waals surface area contributed by atoms with E-state index >= 15 is 0 Å². The van der Waals surface area contributed by atoms with E-state index in [4.69, 9.17) is 0 Å². The van der Waals surface area contributed by atoms with Crippen LogP contribution in [0.3, 0.4) is 0 Å². The molecule has 0 spiro atoms. The Morgan fingerprint density at radius 1 is 0.0667 bits per heavy atom. The maximum Gasteiger partial charge on any atom is 0.194 e. The average molecular weight is 1910 g/mol. The SMILES string of the molecule is O=c1c2ccc3c4ccccc4c(=O)c3c2c2ccc3ccc4ccccc4c3c12.O=c1c2ccccc2c2c1ccc1c(=O)c3c(ccc4ccc5ccccc5c43)c12.O=c1c2ccccc2c2c1ccc1c(=O)c3ccc4c5ccccc5ccc4c3c12.O=c1c2ccccc2c2c1ccc1c3c(=O)c4ccccc4c3c3ccccc3c12.O=c1c2ccccc2c2c1ccc1c3ccccc3c3c4ccccc4c(=O)c3c12. The Bertz CT molecular complexity index is 13000. The van der Waals surface area contributed by atoms with Crippen molar-refractivity contribution in [3.63, 3.8) is 0 Å². The van der Waals surface area contributed by atoms with Gasteiger partial charge in [0.15, 0.2) is 54.3 Å². The van der Waals surface area contributed by atoms with Gasteiger partial charge in [0.1, 0.15) is 0 Å². The first-order valence-electron chi connectivity index (χ1n) is 50.2. The van der Waals surface area contributed by atoms with Crippen LogP contribution >= 0.6 is 0 Å². The van der Waals surface area contributed by atoms with Crippen molar-refractivity contribution in [1.29, 1.82) is 0 Å². The molecule has 10 heteroatoms. The highest BCUT2D eigenvalue weighted by Gasteiger charge is 2.30. The van der Waals surface area contributed by atoms with Crippen molar-refractivity contribution >= 4 is 323 Å². The first-order chi connectivity index (χ1) is 73.7. The second kappa shape index (κ2) is 31.2. The zero-order chi connectivity index (χ0) is 99.9. The van der Waals surface area contributed by atoms with Gasteiger partial charge in [0.05, 0.1) is 0 Å². The molecule has 0 unspecified atom stereocenters. The van der Waals surface area contributed by atoms with Gasteiger partial charge in [-0.15, -0.1) is 0 Å². The van der Waals surface area contributed by atoms with Gasteiger partial charge in [-0.25, -0.2) is 0 Å². The highest BCUT2D eigenvalue weighted by Crippen LogP contribution is 2.50. The van der Waals surface area contributed by atoms with Crippen LogP contribution in [0.4, 0.5) is 0 Å². The molecule has 0 aromatic heterocycles. The van der Waals surface area contributed by atoms with Crippen LogP contribution < -0.4 is 54.3 Å². The molecule has 690 valence electrons. The second-order valence-electron chi connectivity index (χ2n) is 39.9. The molecule has 0 saturated carbocycles. The molecule has 0 amide bonds. The normalized spacial score (nSPS) is 12.3. The second-order valence-corrected chi connectivity index (χ2v) is 39.9. The zero-order valence-electron chi connectivity index (χ0n) is 79.5. The van der Waals surface area contributed by atoms with Crippen LogP contribution in [0.15, 0.2) is 473 Å². The monoisotopic (exact) mass is 1910 g/mol. The Morgan fingerprint density at radius 2 is 0.207 bits per heavy atom. The maximum atomic E-state index is 13.7. The largest absolute Gasteiger partial charge is 0.289 e. The summed E-state index contributed by atoms with van der Waals surface area (Å²) in [6.07, 6.45) is 0. The van der Waals surface area contributed by atoms with Crippen molar-refractivity contribution in [1.82, 2.24) is 0 Å². The summed E-state index contributed by atoms with van der Waals surface area (Å²) in [7, 11) is 0. The molecule has 35 rings (SSSR count). The van der Waals surface area contributed by atoms with Crippen molar-refractivity contribution in [3.05, 3.63) is 527 Å². The summed E-state index contributed by atoms with van der Waals surface area (Å²) < 4.78 is 0. The summed E-state index contributed by atoms with van der Waals surface area (Å²) in [5, 5.41) is 54.0. The predicted octanol–water partition coefficient (Wildman–Crippen LogP) is 31.0. The van der Waals surface area contributed by atoms with E-state index in [9.17, 15) is 47.9 Å².